The average Bonchev–Trinajstić information content (AvgIpc) is 3.71. The van der Waals surface area contributed by atoms with Gasteiger partial charge in [0.1, 0.15) is 30.4 Å². The van der Waals surface area contributed by atoms with Crippen LogP contribution in [0.3, 0.4) is 0 Å². The van der Waals surface area contributed by atoms with E-state index < -0.39 is 17.7 Å². The number of oxime groups is 1. The Hall–Kier alpha value is -4.02. The number of rotatable bonds is 10. The average molecular weight is 619 g/mol. The van der Waals surface area contributed by atoms with Crippen molar-refractivity contribution in [3.63, 3.8) is 0 Å². The molecule has 0 radical (unpaired) electrons. The lowest BCUT2D eigenvalue weighted by atomic mass is 10.0. The number of hydrogen-bond donors (Lipinski definition) is 1. The van der Waals surface area contributed by atoms with Crippen molar-refractivity contribution >= 4 is 34.9 Å². The van der Waals surface area contributed by atoms with Gasteiger partial charge in [-0.2, -0.15) is 13.2 Å². The van der Waals surface area contributed by atoms with E-state index in [-0.39, 0.29) is 41.7 Å². The van der Waals surface area contributed by atoms with Crippen LogP contribution in [0.1, 0.15) is 64.1 Å². The second kappa shape index (κ2) is 12.1. The third kappa shape index (κ3) is 6.55. The molecule has 0 amide bonds. The van der Waals surface area contributed by atoms with Crippen molar-refractivity contribution in [1.82, 2.24) is 5.16 Å². The number of nitrogens with zero attached hydrogens (tertiary/aromatic N) is 2. The number of halogens is 5. The predicted molar refractivity (Wildman–Crippen MR) is 150 cm³/mol. The van der Waals surface area contributed by atoms with Crippen LogP contribution in [0.5, 0.6) is 5.75 Å². The van der Waals surface area contributed by atoms with Crippen LogP contribution >= 0.6 is 23.2 Å². The smallest absolute Gasteiger partial charge is 0.417 e. The molecule has 1 N–H and O–H groups in total. The SMILES string of the molecule is C/C(=N\OCc1cccc(C(=O)O)c1)c1ccc(OCc2c(-c3c(Cl)cccc3Cl)noc2C2CC2)cc1C(F)(F)F. The van der Waals surface area contributed by atoms with Crippen LogP contribution in [-0.2, 0) is 24.2 Å². The molecule has 0 bridgehead atoms. The maximum Gasteiger partial charge on any atom is 0.417 e. The van der Waals surface area contributed by atoms with Crippen LogP contribution in [0, 0.1) is 0 Å². The van der Waals surface area contributed by atoms with E-state index in [0.717, 1.165) is 18.9 Å². The molecule has 1 heterocycles. The normalized spacial score (nSPS) is 13.7. The minimum atomic E-state index is -4.71. The summed E-state index contributed by atoms with van der Waals surface area (Å²) in [6, 6.07) is 14.6. The molecule has 1 aromatic heterocycles. The first-order valence-electron chi connectivity index (χ1n) is 12.8. The van der Waals surface area contributed by atoms with Gasteiger partial charge in [0.05, 0.1) is 32.4 Å². The Morgan fingerprint density at radius 1 is 1.07 bits per heavy atom. The van der Waals surface area contributed by atoms with Gasteiger partial charge in [0.15, 0.2) is 0 Å². The van der Waals surface area contributed by atoms with Gasteiger partial charge in [-0.25, -0.2) is 4.79 Å². The summed E-state index contributed by atoms with van der Waals surface area (Å²) in [4.78, 5) is 16.4. The van der Waals surface area contributed by atoms with Crippen molar-refractivity contribution in [2.24, 2.45) is 5.16 Å². The third-order valence-corrected chi connectivity index (χ3v) is 7.27. The topological polar surface area (TPSA) is 94.2 Å². The lowest BCUT2D eigenvalue weighted by molar-refractivity contribution is -0.137. The minimum absolute atomic E-state index is 0.0195. The first-order valence-corrected chi connectivity index (χ1v) is 13.5. The quantitative estimate of drug-likeness (QED) is 0.141. The molecule has 0 saturated heterocycles. The zero-order valence-electron chi connectivity index (χ0n) is 22.0. The van der Waals surface area contributed by atoms with Gasteiger partial charge in [0.25, 0.3) is 0 Å². The predicted octanol–water partition coefficient (Wildman–Crippen LogP) is 8.76. The highest BCUT2D eigenvalue weighted by molar-refractivity contribution is 6.39. The van der Waals surface area contributed by atoms with Crippen LogP contribution < -0.4 is 4.74 Å². The van der Waals surface area contributed by atoms with E-state index in [1.165, 1.54) is 31.2 Å². The summed E-state index contributed by atoms with van der Waals surface area (Å²) in [5, 5.41) is 17.8. The summed E-state index contributed by atoms with van der Waals surface area (Å²) in [7, 11) is 0. The van der Waals surface area contributed by atoms with E-state index in [0.29, 0.717) is 38.2 Å². The molecule has 4 aromatic rings. The van der Waals surface area contributed by atoms with Crippen molar-refractivity contribution in [1.29, 1.82) is 0 Å². The Labute approximate surface area is 248 Å². The second-order valence-electron chi connectivity index (χ2n) is 9.69. The third-order valence-electron chi connectivity index (χ3n) is 6.64. The molecule has 1 aliphatic carbocycles. The summed E-state index contributed by atoms with van der Waals surface area (Å²) in [6.45, 7) is 1.15. The molecule has 218 valence electrons. The summed E-state index contributed by atoms with van der Waals surface area (Å²) >= 11 is 12.8. The van der Waals surface area contributed by atoms with E-state index >= 15 is 0 Å². The van der Waals surface area contributed by atoms with Crippen molar-refractivity contribution in [2.45, 2.75) is 45.1 Å². The van der Waals surface area contributed by atoms with Crippen LogP contribution in [-0.4, -0.2) is 21.9 Å². The summed E-state index contributed by atoms with van der Waals surface area (Å²) < 4.78 is 53.8. The Kier molecular flexibility index (Phi) is 8.47. The zero-order chi connectivity index (χ0) is 30.0. The molecular weight excluding hydrogens is 596 g/mol. The van der Waals surface area contributed by atoms with Gasteiger partial charge in [-0.05, 0) is 67.8 Å². The van der Waals surface area contributed by atoms with Gasteiger partial charge in [0, 0.05) is 17.0 Å². The molecule has 0 unspecified atom stereocenters. The van der Waals surface area contributed by atoms with E-state index in [2.05, 4.69) is 10.3 Å². The monoisotopic (exact) mass is 618 g/mol. The van der Waals surface area contributed by atoms with Crippen molar-refractivity contribution in [2.75, 3.05) is 0 Å². The van der Waals surface area contributed by atoms with Crippen molar-refractivity contribution in [3.05, 3.63) is 104 Å². The number of hydrogen-bond acceptors (Lipinski definition) is 6. The lowest BCUT2D eigenvalue weighted by Gasteiger charge is -2.15. The number of carbonyl (C=O) groups is 1. The van der Waals surface area contributed by atoms with Crippen LogP contribution in [0.4, 0.5) is 13.2 Å². The molecule has 1 fully saturated rings. The first kappa shape index (κ1) is 29.5. The summed E-state index contributed by atoms with van der Waals surface area (Å²) in [5.74, 6) is -0.387. The molecule has 0 aliphatic heterocycles. The number of alkyl halides is 3. The van der Waals surface area contributed by atoms with Gasteiger partial charge in [-0.15, -0.1) is 0 Å². The molecule has 5 rings (SSSR count). The van der Waals surface area contributed by atoms with Gasteiger partial charge in [0.2, 0.25) is 0 Å². The number of aromatic carboxylic acids is 1. The molecular formula is C30H23Cl2F3N2O5. The molecule has 1 aliphatic rings. The van der Waals surface area contributed by atoms with Gasteiger partial charge < -0.3 is 19.2 Å². The van der Waals surface area contributed by atoms with Gasteiger partial charge in [-0.1, -0.05) is 51.7 Å². The van der Waals surface area contributed by atoms with Crippen molar-refractivity contribution in [3.8, 4) is 17.0 Å². The maximum atomic E-state index is 14.1. The fourth-order valence-electron chi connectivity index (χ4n) is 4.41. The van der Waals surface area contributed by atoms with E-state index in [9.17, 15) is 18.0 Å². The Morgan fingerprint density at radius 2 is 1.79 bits per heavy atom. The lowest BCUT2D eigenvalue weighted by Crippen LogP contribution is -2.13. The number of carboxylic acids is 1. The van der Waals surface area contributed by atoms with Crippen LogP contribution in [0.15, 0.2) is 70.3 Å². The number of ether oxygens (including phenoxy) is 1. The fraction of sp³-hybridized carbons (Fsp3) is 0.233. The molecule has 7 nitrogen and oxygen atoms in total. The Bertz CT molecular complexity index is 1640. The van der Waals surface area contributed by atoms with Gasteiger partial charge in [-0.3, -0.25) is 0 Å². The van der Waals surface area contributed by atoms with E-state index in [1.807, 2.05) is 0 Å². The minimum Gasteiger partial charge on any atom is -0.489 e. The largest absolute Gasteiger partial charge is 0.489 e. The molecule has 0 spiro atoms. The summed E-state index contributed by atoms with van der Waals surface area (Å²) in [6.07, 6.45) is -2.92. The highest BCUT2D eigenvalue weighted by Gasteiger charge is 2.36. The second-order valence-corrected chi connectivity index (χ2v) is 10.5. The molecule has 3 aromatic carbocycles. The fourth-order valence-corrected chi connectivity index (χ4v) is 4.99. The maximum absolute atomic E-state index is 14.1. The Morgan fingerprint density at radius 3 is 2.45 bits per heavy atom. The highest BCUT2D eigenvalue weighted by Crippen LogP contribution is 2.46. The van der Waals surface area contributed by atoms with E-state index in [1.54, 1.807) is 30.3 Å². The van der Waals surface area contributed by atoms with Crippen LogP contribution in [0.25, 0.3) is 11.3 Å². The van der Waals surface area contributed by atoms with Gasteiger partial charge >= 0.3 is 12.1 Å². The number of benzene rings is 3. The molecule has 12 heteroatoms. The molecule has 42 heavy (non-hydrogen) atoms. The van der Waals surface area contributed by atoms with Crippen LogP contribution in [0.2, 0.25) is 10.0 Å². The first-order chi connectivity index (χ1) is 20.0. The molecule has 1 saturated carbocycles. The van der Waals surface area contributed by atoms with E-state index in [4.69, 9.17) is 42.4 Å². The molecule has 0 atom stereocenters. The summed E-state index contributed by atoms with van der Waals surface area (Å²) in [5.41, 5.74) is 0.808. The van der Waals surface area contributed by atoms with Crippen molar-refractivity contribution < 1.29 is 37.2 Å². The standard InChI is InChI=1S/C30H23Cl2F3N2O5/c1-16(36-41-14-17-4-2-5-19(12-17)29(38)39)21-11-10-20(13-23(21)30(33,34)35)40-15-22-27(37-42-28(22)18-8-9-18)26-24(31)6-3-7-25(26)32/h2-7,10-13,18H,8-9,14-15H2,1H3,(H,38,39)/b36-16+. The number of aromatic nitrogens is 1. The highest BCUT2D eigenvalue weighted by atomic mass is 35.5. The number of carboxylic acid groups (broad SMARTS) is 1. The Balaban J connectivity index is 1.37. The zero-order valence-corrected chi connectivity index (χ0v) is 23.6.